The molecule has 24 heavy (non-hydrogen) atoms. The van der Waals surface area contributed by atoms with Crippen LogP contribution in [0, 0.1) is 12.8 Å². The molecule has 0 radical (unpaired) electrons. The van der Waals surface area contributed by atoms with Gasteiger partial charge in [0.2, 0.25) is 0 Å². The smallest absolute Gasteiger partial charge is 0.251 e. The number of aromatic nitrogens is 1. The molecule has 2 heterocycles. The second kappa shape index (κ2) is 7.77. The van der Waals surface area contributed by atoms with Crippen molar-refractivity contribution in [3.63, 3.8) is 0 Å². The van der Waals surface area contributed by atoms with Crippen LogP contribution in [0.1, 0.15) is 28.9 Å². The first-order chi connectivity index (χ1) is 11.6. The Hall–Kier alpha value is -1.91. The number of piperidine rings is 1. The van der Waals surface area contributed by atoms with E-state index < -0.39 is 0 Å². The topological polar surface area (TPSA) is 54.0 Å². The van der Waals surface area contributed by atoms with E-state index in [9.17, 15) is 4.79 Å². The van der Waals surface area contributed by atoms with Crippen LogP contribution in [0.3, 0.4) is 0 Å². The largest absolute Gasteiger partial charge is 0.352 e. The second-order valence-corrected chi connectivity index (χ2v) is 6.65. The summed E-state index contributed by atoms with van der Waals surface area (Å²) in [6.45, 7) is 4.72. The van der Waals surface area contributed by atoms with Crippen molar-refractivity contribution < 1.29 is 4.79 Å². The first-order valence-corrected chi connectivity index (χ1v) is 8.74. The standard InChI is InChI=1S/C19H22ClN3O/c1-13-17(20)6-7-18(23-13)15-2-4-16(5-3-15)19(24)22-12-14-8-10-21-11-9-14/h2-7,14,21H,8-12H2,1H3,(H,22,24). The highest BCUT2D eigenvalue weighted by Crippen LogP contribution is 2.21. The van der Waals surface area contributed by atoms with E-state index in [1.807, 2.05) is 43.3 Å². The Morgan fingerprint density at radius 1 is 1.21 bits per heavy atom. The van der Waals surface area contributed by atoms with E-state index in [0.717, 1.165) is 49.4 Å². The maximum absolute atomic E-state index is 12.3. The Labute approximate surface area is 147 Å². The first-order valence-electron chi connectivity index (χ1n) is 8.36. The molecule has 2 N–H and O–H groups in total. The lowest BCUT2D eigenvalue weighted by atomic mass is 9.98. The van der Waals surface area contributed by atoms with Crippen LogP contribution in [0.15, 0.2) is 36.4 Å². The van der Waals surface area contributed by atoms with Gasteiger partial charge in [0.25, 0.3) is 5.91 Å². The molecule has 0 unspecified atom stereocenters. The zero-order valence-corrected chi connectivity index (χ0v) is 14.6. The third kappa shape index (κ3) is 4.13. The van der Waals surface area contributed by atoms with Gasteiger partial charge in [-0.05, 0) is 63.0 Å². The molecule has 5 heteroatoms. The summed E-state index contributed by atoms with van der Waals surface area (Å²) in [4.78, 5) is 16.8. The number of nitrogens with one attached hydrogen (secondary N) is 2. The molecule has 0 aliphatic carbocycles. The summed E-state index contributed by atoms with van der Waals surface area (Å²) >= 11 is 6.01. The monoisotopic (exact) mass is 343 g/mol. The van der Waals surface area contributed by atoms with Crippen LogP contribution in [-0.2, 0) is 0 Å². The lowest BCUT2D eigenvalue weighted by Gasteiger charge is -2.22. The predicted octanol–water partition coefficient (Wildman–Crippen LogP) is 3.44. The molecule has 0 atom stereocenters. The van der Waals surface area contributed by atoms with Crippen LogP contribution in [0.2, 0.25) is 5.02 Å². The van der Waals surface area contributed by atoms with Gasteiger partial charge in [0.05, 0.1) is 16.4 Å². The Bertz CT molecular complexity index is 709. The van der Waals surface area contributed by atoms with Crippen LogP contribution < -0.4 is 10.6 Å². The van der Waals surface area contributed by atoms with Gasteiger partial charge in [0.15, 0.2) is 0 Å². The lowest BCUT2D eigenvalue weighted by molar-refractivity contribution is 0.0944. The summed E-state index contributed by atoms with van der Waals surface area (Å²) in [7, 11) is 0. The van der Waals surface area contributed by atoms with Crippen molar-refractivity contribution in [2.45, 2.75) is 19.8 Å². The predicted molar refractivity (Wildman–Crippen MR) is 97.3 cm³/mol. The van der Waals surface area contributed by atoms with Crippen molar-refractivity contribution in [2.75, 3.05) is 19.6 Å². The number of carbonyl (C=O) groups excluding carboxylic acids is 1. The molecule has 0 spiro atoms. The summed E-state index contributed by atoms with van der Waals surface area (Å²) in [6, 6.07) is 11.3. The number of nitrogens with zero attached hydrogens (tertiary/aromatic N) is 1. The molecule has 0 bridgehead atoms. The minimum atomic E-state index is -0.0136. The van der Waals surface area contributed by atoms with Gasteiger partial charge >= 0.3 is 0 Å². The number of hydrogen-bond acceptors (Lipinski definition) is 3. The van der Waals surface area contributed by atoms with Gasteiger partial charge in [0.1, 0.15) is 0 Å². The van der Waals surface area contributed by atoms with Gasteiger partial charge in [-0.1, -0.05) is 23.7 Å². The maximum Gasteiger partial charge on any atom is 0.251 e. The molecule has 126 valence electrons. The molecule has 1 aromatic heterocycles. The third-order valence-corrected chi connectivity index (χ3v) is 4.87. The van der Waals surface area contributed by atoms with Crippen molar-refractivity contribution >= 4 is 17.5 Å². The fourth-order valence-electron chi connectivity index (χ4n) is 2.92. The number of benzene rings is 1. The van der Waals surface area contributed by atoms with E-state index in [4.69, 9.17) is 11.6 Å². The minimum absolute atomic E-state index is 0.0136. The molecule has 1 saturated heterocycles. The number of halogens is 1. The zero-order chi connectivity index (χ0) is 16.9. The first kappa shape index (κ1) is 16.9. The molecule has 2 aromatic rings. The van der Waals surface area contributed by atoms with Crippen molar-refractivity contribution in [3.8, 4) is 11.3 Å². The highest BCUT2D eigenvalue weighted by atomic mass is 35.5. The minimum Gasteiger partial charge on any atom is -0.352 e. The molecule has 3 rings (SSSR count). The van der Waals surface area contributed by atoms with Crippen molar-refractivity contribution in [1.82, 2.24) is 15.6 Å². The quantitative estimate of drug-likeness (QED) is 0.894. The summed E-state index contributed by atoms with van der Waals surface area (Å²) in [5.41, 5.74) is 3.32. The number of pyridine rings is 1. The fourth-order valence-corrected chi connectivity index (χ4v) is 3.03. The molecule has 1 aromatic carbocycles. The lowest BCUT2D eigenvalue weighted by Crippen LogP contribution is -2.35. The molecule has 1 fully saturated rings. The van der Waals surface area contributed by atoms with Gasteiger partial charge in [-0.15, -0.1) is 0 Å². The Morgan fingerprint density at radius 2 is 1.92 bits per heavy atom. The van der Waals surface area contributed by atoms with Crippen LogP contribution >= 0.6 is 11.6 Å². The highest BCUT2D eigenvalue weighted by Gasteiger charge is 2.14. The Kier molecular flexibility index (Phi) is 5.48. The van der Waals surface area contributed by atoms with Gasteiger partial charge in [0, 0.05) is 17.7 Å². The normalized spacial score (nSPS) is 15.2. The van der Waals surface area contributed by atoms with Crippen molar-refractivity contribution in [1.29, 1.82) is 0 Å². The Morgan fingerprint density at radius 3 is 2.58 bits per heavy atom. The van der Waals surface area contributed by atoms with Crippen LogP contribution in [-0.4, -0.2) is 30.5 Å². The van der Waals surface area contributed by atoms with Crippen molar-refractivity contribution in [2.24, 2.45) is 5.92 Å². The van der Waals surface area contributed by atoms with Gasteiger partial charge in [-0.25, -0.2) is 0 Å². The average Bonchev–Trinajstić information content (AvgIpc) is 2.63. The third-order valence-electron chi connectivity index (χ3n) is 4.47. The highest BCUT2D eigenvalue weighted by molar-refractivity contribution is 6.31. The van der Waals surface area contributed by atoms with Crippen molar-refractivity contribution in [3.05, 3.63) is 52.7 Å². The van der Waals surface area contributed by atoms with E-state index in [0.29, 0.717) is 16.5 Å². The molecule has 4 nitrogen and oxygen atoms in total. The number of aryl methyl sites for hydroxylation is 1. The SMILES string of the molecule is Cc1nc(-c2ccc(C(=O)NCC3CCNCC3)cc2)ccc1Cl. The summed E-state index contributed by atoms with van der Waals surface area (Å²) < 4.78 is 0. The van der Waals surface area contributed by atoms with E-state index in [-0.39, 0.29) is 5.91 Å². The second-order valence-electron chi connectivity index (χ2n) is 6.24. The zero-order valence-electron chi connectivity index (χ0n) is 13.8. The Balaban J connectivity index is 1.62. The molecule has 1 amide bonds. The maximum atomic E-state index is 12.3. The van der Waals surface area contributed by atoms with Gasteiger partial charge < -0.3 is 10.6 Å². The van der Waals surface area contributed by atoms with E-state index in [1.165, 1.54) is 0 Å². The van der Waals surface area contributed by atoms with Crippen LogP contribution in [0.25, 0.3) is 11.3 Å². The van der Waals surface area contributed by atoms with E-state index in [2.05, 4.69) is 15.6 Å². The average molecular weight is 344 g/mol. The number of hydrogen-bond donors (Lipinski definition) is 2. The molecular formula is C19H22ClN3O. The fraction of sp³-hybridized carbons (Fsp3) is 0.368. The summed E-state index contributed by atoms with van der Waals surface area (Å²) in [5.74, 6) is 0.566. The van der Waals surface area contributed by atoms with Gasteiger partial charge in [-0.3, -0.25) is 9.78 Å². The number of carbonyl (C=O) groups is 1. The van der Waals surface area contributed by atoms with E-state index >= 15 is 0 Å². The summed E-state index contributed by atoms with van der Waals surface area (Å²) in [5, 5.41) is 7.04. The van der Waals surface area contributed by atoms with Crippen LogP contribution in [0.5, 0.6) is 0 Å². The summed E-state index contributed by atoms with van der Waals surface area (Å²) in [6.07, 6.45) is 2.25. The molecule has 1 aliphatic heterocycles. The van der Waals surface area contributed by atoms with Crippen LogP contribution in [0.4, 0.5) is 0 Å². The number of rotatable bonds is 4. The number of amides is 1. The molecule has 1 aliphatic rings. The van der Waals surface area contributed by atoms with E-state index in [1.54, 1.807) is 0 Å². The molecular weight excluding hydrogens is 322 g/mol. The molecule has 0 saturated carbocycles. The van der Waals surface area contributed by atoms with Gasteiger partial charge in [-0.2, -0.15) is 0 Å².